The molecule has 126 valence electrons. The molecule has 2 aliphatic rings. The smallest absolute Gasteiger partial charge is 0.122 e. The van der Waals surface area contributed by atoms with E-state index >= 15 is 0 Å². The molecule has 2 heterocycles. The number of morpholine rings is 1. The fourth-order valence-electron chi connectivity index (χ4n) is 3.40. The molecule has 0 spiro atoms. The van der Waals surface area contributed by atoms with E-state index in [1.165, 1.54) is 16.7 Å². The van der Waals surface area contributed by atoms with Gasteiger partial charge in [-0.2, -0.15) is 0 Å². The lowest BCUT2D eigenvalue weighted by atomic mass is 9.99. The van der Waals surface area contributed by atoms with Crippen LogP contribution in [0, 0.1) is 0 Å². The molecule has 0 bridgehead atoms. The van der Waals surface area contributed by atoms with Crippen LogP contribution in [0.3, 0.4) is 0 Å². The second-order valence-corrected chi connectivity index (χ2v) is 6.47. The highest BCUT2D eigenvalue weighted by Gasteiger charge is 2.17. The van der Waals surface area contributed by atoms with Crippen LogP contribution < -0.4 is 4.74 Å². The van der Waals surface area contributed by atoms with Gasteiger partial charge in [-0.3, -0.25) is 4.90 Å². The molecule has 2 aromatic rings. The first-order valence-corrected chi connectivity index (χ1v) is 8.64. The van der Waals surface area contributed by atoms with E-state index in [1.54, 1.807) is 0 Å². The first-order chi connectivity index (χ1) is 11.8. The fraction of sp³-hybridized carbons (Fsp3) is 0.400. The summed E-state index contributed by atoms with van der Waals surface area (Å²) >= 11 is 0. The van der Waals surface area contributed by atoms with Crippen molar-refractivity contribution in [1.29, 1.82) is 0 Å². The number of hydrogen-bond acceptors (Lipinski definition) is 4. The maximum Gasteiger partial charge on any atom is 0.122 e. The van der Waals surface area contributed by atoms with Crippen LogP contribution in [0.5, 0.6) is 5.75 Å². The molecule has 0 unspecified atom stereocenters. The predicted octanol–water partition coefficient (Wildman–Crippen LogP) is 2.65. The number of benzene rings is 2. The van der Waals surface area contributed by atoms with Gasteiger partial charge in [0.25, 0.3) is 0 Å². The lowest BCUT2D eigenvalue weighted by Crippen LogP contribution is -2.38. The third-order valence-corrected chi connectivity index (χ3v) is 4.85. The Bertz CT molecular complexity index is 693. The average Bonchev–Trinajstić information content (AvgIpc) is 3.10. The van der Waals surface area contributed by atoms with Crippen molar-refractivity contribution in [3.63, 3.8) is 0 Å². The summed E-state index contributed by atoms with van der Waals surface area (Å²) in [6.45, 7) is 4.75. The lowest BCUT2D eigenvalue weighted by Gasteiger charge is -2.28. The van der Waals surface area contributed by atoms with Gasteiger partial charge in [-0.25, -0.2) is 0 Å². The molecule has 4 nitrogen and oxygen atoms in total. The van der Waals surface area contributed by atoms with Crippen LogP contribution in [0.2, 0.25) is 0 Å². The van der Waals surface area contributed by atoms with Crippen LogP contribution >= 0.6 is 0 Å². The van der Waals surface area contributed by atoms with Crippen molar-refractivity contribution in [2.45, 2.75) is 12.5 Å². The van der Waals surface area contributed by atoms with Gasteiger partial charge >= 0.3 is 0 Å². The van der Waals surface area contributed by atoms with Gasteiger partial charge < -0.3 is 14.6 Å². The molecule has 0 amide bonds. The van der Waals surface area contributed by atoms with E-state index in [9.17, 15) is 5.11 Å². The van der Waals surface area contributed by atoms with Gasteiger partial charge in [0.15, 0.2) is 0 Å². The number of nitrogens with zero attached hydrogens (tertiary/aromatic N) is 1. The maximum atomic E-state index is 10.5. The second-order valence-electron chi connectivity index (χ2n) is 6.47. The Hall–Kier alpha value is -1.88. The first kappa shape index (κ1) is 15.6. The van der Waals surface area contributed by atoms with Crippen LogP contribution in [0.15, 0.2) is 42.5 Å². The third kappa shape index (κ3) is 3.31. The summed E-state index contributed by atoms with van der Waals surface area (Å²) in [4.78, 5) is 2.25. The normalized spacial score (nSPS) is 18.9. The van der Waals surface area contributed by atoms with Crippen molar-refractivity contribution in [1.82, 2.24) is 4.90 Å². The summed E-state index contributed by atoms with van der Waals surface area (Å²) < 4.78 is 10.9. The molecule has 4 rings (SSSR count). The molecular formula is C20H23NO3. The number of rotatable bonds is 4. The van der Waals surface area contributed by atoms with Crippen LogP contribution in [-0.4, -0.2) is 49.5 Å². The summed E-state index contributed by atoms with van der Waals surface area (Å²) in [7, 11) is 0. The minimum atomic E-state index is -0.453. The van der Waals surface area contributed by atoms with Crippen LogP contribution in [0.4, 0.5) is 0 Å². The van der Waals surface area contributed by atoms with Gasteiger partial charge in [-0.05, 0) is 34.4 Å². The van der Waals surface area contributed by atoms with E-state index in [0.717, 1.165) is 50.6 Å². The highest BCUT2D eigenvalue weighted by Crippen LogP contribution is 2.31. The van der Waals surface area contributed by atoms with Gasteiger partial charge in [0.1, 0.15) is 5.75 Å². The molecule has 1 N–H and O–H groups in total. The first-order valence-electron chi connectivity index (χ1n) is 8.64. The predicted molar refractivity (Wildman–Crippen MR) is 93.3 cm³/mol. The van der Waals surface area contributed by atoms with Crippen LogP contribution in [0.1, 0.15) is 17.2 Å². The summed E-state index contributed by atoms with van der Waals surface area (Å²) in [5, 5.41) is 10.5. The van der Waals surface area contributed by atoms with E-state index in [-0.39, 0.29) is 0 Å². The fourth-order valence-corrected chi connectivity index (χ4v) is 3.40. The van der Waals surface area contributed by atoms with E-state index < -0.39 is 6.10 Å². The quantitative estimate of drug-likeness (QED) is 0.938. The van der Waals surface area contributed by atoms with Gasteiger partial charge in [0.2, 0.25) is 0 Å². The molecular weight excluding hydrogens is 302 g/mol. The lowest BCUT2D eigenvalue weighted by molar-refractivity contribution is 0.0143. The Morgan fingerprint density at radius 1 is 0.958 bits per heavy atom. The largest absolute Gasteiger partial charge is 0.493 e. The van der Waals surface area contributed by atoms with Crippen LogP contribution in [-0.2, 0) is 11.2 Å². The monoisotopic (exact) mass is 325 g/mol. The second kappa shape index (κ2) is 6.93. The van der Waals surface area contributed by atoms with Crippen molar-refractivity contribution >= 4 is 0 Å². The number of hydrogen-bond donors (Lipinski definition) is 1. The van der Waals surface area contributed by atoms with Gasteiger partial charge in [-0.1, -0.05) is 30.3 Å². The zero-order chi connectivity index (χ0) is 16.4. The zero-order valence-electron chi connectivity index (χ0n) is 13.8. The molecule has 2 aliphatic heterocycles. The van der Waals surface area contributed by atoms with E-state index in [1.807, 2.05) is 12.1 Å². The Morgan fingerprint density at radius 2 is 1.71 bits per heavy atom. The molecule has 0 saturated carbocycles. The highest BCUT2D eigenvalue weighted by molar-refractivity contribution is 5.66. The topological polar surface area (TPSA) is 41.9 Å². The Labute approximate surface area is 142 Å². The Morgan fingerprint density at radius 3 is 2.50 bits per heavy atom. The maximum absolute atomic E-state index is 10.5. The summed E-state index contributed by atoms with van der Waals surface area (Å²) in [6, 6.07) is 14.6. The van der Waals surface area contributed by atoms with E-state index in [4.69, 9.17) is 9.47 Å². The highest BCUT2D eigenvalue weighted by atomic mass is 16.5. The number of β-amino-alcohol motifs (C(OH)–C–C–N with tert-alkyl or cyclic N) is 1. The van der Waals surface area contributed by atoms with Gasteiger partial charge in [0.05, 0.1) is 25.9 Å². The van der Waals surface area contributed by atoms with E-state index in [2.05, 4.69) is 35.2 Å². The number of aliphatic hydroxyl groups is 1. The summed E-state index contributed by atoms with van der Waals surface area (Å²) in [5.74, 6) is 1.01. The van der Waals surface area contributed by atoms with Gasteiger partial charge in [0, 0.05) is 26.1 Å². The molecule has 1 fully saturated rings. The number of aliphatic hydroxyl groups excluding tert-OH is 1. The average molecular weight is 325 g/mol. The SMILES string of the molecule is O[C@H](CN1CCOCC1)c1ccc(-c2ccc3c(c2)CCO3)cc1. The van der Waals surface area contributed by atoms with Crippen molar-refractivity contribution < 1.29 is 14.6 Å². The van der Waals surface area contributed by atoms with Gasteiger partial charge in [-0.15, -0.1) is 0 Å². The molecule has 0 radical (unpaired) electrons. The van der Waals surface area contributed by atoms with Crippen molar-refractivity contribution in [2.75, 3.05) is 39.5 Å². The van der Waals surface area contributed by atoms with Crippen LogP contribution in [0.25, 0.3) is 11.1 Å². The van der Waals surface area contributed by atoms with Crippen molar-refractivity contribution in [3.05, 3.63) is 53.6 Å². The number of ether oxygens (including phenoxy) is 2. The Balaban J connectivity index is 1.46. The molecule has 24 heavy (non-hydrogen) atoms. The molecule has 2 aromatic carbocycles. The molecule has 0 aliphatic carbocycles. The molecule has 0 aromatic heterocycles. The molecule has 1 atom stereocenters. The minimum Gasteiger partial charge on any atom is -0.493 e. The summed E-state index contributed by atoms with van der Waals surface area (Å²) in [6.07, 6.45) is 0.532. The molecule has 1 saturated heterocycles. The minimum absolute atomic E-state index is 0.453. The number of fused-ring (bicyclic) bond motifs is 1. The third-order valence-electron chi connectivity index (χ3n) is 4.85. The van der Waals surface area contributed by atoms with Crippen molar-refractivity contribution in [2.24, 2.45) is 0 Å². The standard InChI is InChI=1S/C20H23NO3/c22-19(14-21-8-11-23-12-9-21)16-3-1-15(2-4-16)17-5-6-20-18(13-17)7-10-24-20/h1-6,13,19,22H,7-12,14H2/t19-/m1/s1. The molecule has 4 heteroatoms. The van der Waals surface area contributed by atoms with E-state index in [0.29, 0.717) is 6.54 Å². The summed E-state index contributed by atoms with van der Waals surface area (Å²) in [5.41, 5.74) is 4.62. The Kier molecular flexibility index (Phi) is 4.52. The van der Waals surface area contributed by atoms with Crippen molar-refractivity contribution in [3.8, 4) is 16.9 Å². The zero-order valence-corrected chi connectivity index (χ0v) is 13.8.